The molecule has 6 rings (SSSR count). The number of halogens is 2. The molecular weight excluding hydrogens is 951 g/mol. The topological polar surface area (TPSA) is 181 Å². The number of benzene rings is 4. The number of rotatable bonds is 18. The predicted octanol–water partition coefficient (Wildman–Crippen LogP) is 10.5. The van der Waals surface area contributed by atoms with Crippen LogP contribution in [0.15, 0.2) is 101 Å². The Hall–Kier alpha value is -6.40. The van der Waals surface area contributed by atoms with Crippen LogP contribution in [-0.2, 0) is 72.7 Å². The van der Waals surface area contributed by atoms with E-state index < -0.39 is 54.7 Å². The van der Waals surface area contributed by atoms with Crippen LogP contribution in [0.5, 0.6) is 0 Å². The van der Waals surface area contributed by atoms with E-state index in [0.717, 1.165) is 35.9 Å². The number of ether oxygens (including phenoxy) is 2. The smallest absolute Gasteiger partial charge is 0.421 e. The molecule has 2 N–H and O–H groups in total. The van der Waals surface area contributed by atoms with E-state index in [9.17, 15) is 26.4 Å². The summed E-state index contributed by atoms with van der Waals surface area (Å²) in [5.74, 6) is -0.0743. The Labute approximate surface area is 416 Å². The van der Waals surface area contributed by atoms with E-state index in [0.29, 0.717) is 53.6 Å². The van der Waals surface area contributed by atoms with Crippen molar-refractivity contribution in [3.8, 4) is 22.3 Å². The van der Waals surface area contributed by atoms with E-state index in [1.165, 1.54) is 12.1 Å². The first kappa shape index (κ1) is 53.9. The lowest BCUT2D eigenvalue weighted by atomic mass is 9.81. The van der Waals surface area contributed by atoms with Crippen LogP contribution in [0.25, 0.3) is 22.3 Å². The van der Waals surface area contributed by atoms with Crippen LogP contribution in [0.1, 0.15) is 109 Å². The van der Waals surface area contributed by atoms with Crippen molar-refractivity contribution in [2.45, 2.75) is 122 Å². The Balaban J connectivity index is 1.37. The number of amides is 2. The van der Waals surface area contributed by atoms with Crippen molar-refractivity contribution < 1.29 is 44.7 Å². The number of methoxy groups -OCH3 is 1. The van der Waals surface area contributed by atoms with Crippen LogP contribution in [0.3, 0.4) is 0 Å². The fourth-order valence-electron chi connectivity index (χ4n) is 8.80. The minimum Gasteiger partial charge on any atom is -0.452 e. The minimum absolute atomic E-state index is 0.00227. The first-order chi connectivity index (χ1) is 33.2. The van der Waals surface area contributed by atoms with Crippen molar-refractivity contribution in [1.82, 2.24) is 28.5 Å². The first-order valence-electron chi connectivity index (χ1n) is 23.4. The van der Waals surface area contributed by atoms with E-state index in [1.54, 1.807) is 42.2 Å². The van der Waals surface area contributed by atoms with Crippen LogP contribution in [0, 0.1) is 23.5 Å². The second-order valence-corrected chi connectivity index (χ2v) is 23.6. The lowest BCUT2D eigenvalue weighted by molar-refractivity contribution is 0.158. The summed E-state index contributed by atoms with van der Waals surface area (Å²) in [7, 11) is -7.95. The third-order valence-corrected chi connectivity index (χ3v) is 14.6. The molecule has 0 saturated carbocycles. The molecule has 0 spiro atoms. The summed E-state index contributed by atoms with van der Waals surface area (Å²) in [4.78, 5) is 33.4. The molecule has 0 aliphatic carbocycles. The molecule has 14 nitrogen and oxygen atoms in total. The maximum atomic E-state index is 16.2. The molecule has 2 amide bonds. The predicted molar refractivity (Wildman–Crippen MR) is 269 cm³/mol. The molecule has 71 heavy (non-hydrogen) atoms. The standard InChI is InChI=1S/C53H64F2N6O8S2/c1-12-69-51(63)59-70(64,65)46-18-15-36(23-33(2)3)25-41(46)37-16-13-35(14-17-37)31-60-21-20-57-49(60)53(9,10)30-40-29-47(71(66,67)58-50(62)68-11)42(26-38(40)24-34(4)5)39-27-44(54)43(45(55)28-39)32-61-22-19-56-48(61)52(6,7)8/h13-22,25-29,33-34H,12,23-24,30-32H2,1-11H3,(H,58,62)(H,59,63). The number of sulfonamides is 2. The zero-order chi connectivity index (χ0) is 52.2. The number of hydrogen-bond acceptors (Lipinski definition) is 10. The van der Waals surface area contributed by atoms with Crippen LogP contribution in [0.2, 0.25) is 0 Å². The van der Waals surface area contributed by atoms with Crippen LogP contribution in [0.4, 0.5) is 18.4 Å². The van der Waals surface area contributed by atoms with Crippen molar-refractivity contribution in [2.24, 2.45) is 11.8 Å². The molecule has 380 valence electrons. The Morgan fingerprint density at radius 2 is 1.21 bits per heavy atom. The third-order valence-electron chi connectivity index (χ3n) is 11.8. The Kier molecular flexibility index (Phi) is 16.4. The minimum atomic E-state index is -4.69. The number of hydrogen-bond donors (Lipinski definition) is 2. The summed E-state index contributed by atoms with van der Waals surface area (Å²) in [6, 6.07) is 17.8. The van der Waals surface area contributed by atoms with Gasteiger partial charge in [-0.3, -0.25) is 0 Å². The van der Waals surface area contributed by atoms with E-state index in [-0.39, 0.29) is 52.0 Å². The van der Waals surface area contributed by atoms with Crippen LogP contribution >= 0.6 is 0 Å². The number of nitrogens with zero attached hydrogens (tertiary/aromatic N) is 4. The molecule has 0 atom stereocenters. The van der Waals surface area contributed by atoms with Gasteiger partial charge in [0.2, 0.25) is 0 Å². The normalized spacial score (nSPS) is 12.4. The molecule has 2 aromatic heterocycles. The second-order valence-electron chi connectivity index (χ2n) is 20.3. The SMILES string of the molecule is CCOC(=O)NS(=O)(=O)c1ccc(CC(C)C)cc1-c1ccc(Cn2ccnc2C(C)(C)Cc2cc(S(=O)(=O)NC(=O)OC)c(-c3cc(F)c(Cn4ccnc4C(C)(C)C)c(F)c3)cc2CC(C)C)cc1. The maximum Gasteiger partial charge on any atom is 0.421 e. The van der Waals surface area contributed by atoms with Gasteiger partial charge in [-0.25, -0.2) is 54.6 Å². The molecule has 0 fully saturated rings. The lowest BCUT2D eigenvalue weighted by Gasteiger charge is -2.28. The highest BCUT2D eigenvalue weighted by Gasteiger charge is 2.32. The van der Waals surface area contributed by atoms with Crippen molar-refractivity contribution in [2.75, 3.05) is 13.7 Å². The van der Waals surface area contributed by atoms with Gasteiger partial charge in [0.1, 0.15) is 23.3 Å². The van der Waals surface area contributed by atoms with E-state index in [1.807, 2.05) is 99.0 Å². The van der Waals surface area contributed by atoms with Crippen molar-refractivity contribution in [1.29, 1.82) is 0 Å². The molecule has 0 aliphatic heterocycles. The summed E-state index contributed by atoms with van der Waals surface area (Å²) < 4.78 is 105. The molecule has 0 saturated heterocycles. The fourth-order valence-corrected chi connectivity index (χ4v) is 11.1. The number of nitrogens with one attached hydrogen (secondary N) is 2. The molecule has 0 radical (unpaired) electrons. The molecule has 2 heterocycles. The summed E-state index contributed by atoms with van der Waals surface area (Å²) in [6.07, 6.45) is 5.88. The Morgan fingerprint density at radius 1 is 0.662 bits per heavy atom. The van der Waals surface area contributed by atoms with Gasteiger partial charge in [-0.05, 0) is 108 Å². The molecular formula is C53H64F2N6O8S2. The molecule has 0 bridgehead atoms. The third kappa shape index (κ3) is 12.9. The summed E-state index contributed by atoms with van der Waals surface area (Å²) in [5.41, 5.74) is 2.78. The van der Waals surface area contributed by atoms with Gasteiger partial charge in [0, 0.05) is 58.9 Å². The van der Waals surface area contributed by atoms with Crippen molar-refractivity contribution in [3.05, 3.63) is 143 Å². The monoisotopic (exact) mass is 1010 g/mol. The van der Waals surface area contributed by atoms with Gasteiger partial charge < -0.3 is 18.6 Å². The molecule has 0 aliphatic rings. The van der Waals surface area contributed by atoms with Gasteiger partial charge in [-0.15, -0.1) is 0 Å². The number of carbonyl (C=O) groups is 2. The Bertz CT molecular complexity index is 3110. The van der Waals surface area contributed by atoms with E-state index in [2.05, 4.69) is 23.6 Å². The molecule has 0 unspecified atom stereocenters. The largest absolute Gasteiger partial charge is 0.452 e. The van der Waals surface area contributed by atoms with Gasteiger partial charge in [0.25, 0.3) is 20.0 Å². The Morgan fingerprint density at radius 3 is 1.79 bits per heavy atom. The van der Waals surface area contributed by atoms with Crippen molar-refractivity contribution in [3.63, 3.8) is 0 Å². The molecule has 4 aromatic carbocycles. The molecule has 6 aromatic rings. The number of carbonyl (C=O) groups excluding carboxylic acids is 2. The van der Waals surface area contributed by atoms with Gasteiger partial charge in [0.15, 0.2) is 0 Å². The highest BCUT2D eigenvalue weighted by molar-refractivity contribution is 7.90. The van der Waals surface area contributed by atoms with Crippen molar-refractivity contribution >= 4 is 32.2 Å². The number of aromatic nitrogens is 4. The average Bonchev–Trinajstić information content (AvgIpc) is 3.95. The van der Waals surface area contributed by atoms with E-state index >= 15 is 8.78 Å². The van der Waals surface area contributed by atoms with Gasteiger partial charge in [-0.1, -0.05) is 92.6 Å². The van der Waals surface area contributed by atoms with Gasteiger partial charge in [0.05, 0.1) is 30.1 Å². The second kappa shape index (κ2) is 21.5. The summed E-state index contributed by atoms with van der Waals surface area (Å²) >= 11 is 0. The first-order valence-corrected chi connectivity index (χ1v) is 26.4. The maximum absolute atomic E-state index is 16.2. The lowest BCUT2D eigenvalue weighted by Crippen LogP contribution is -2.31. The van der Waals surface area contributed by atoms with E-state index in [4.69, 9.17) is 9.72 Å². The summed E-state index contributed by atoms with van der Waals surface area (Å²) in [6.45, 7) is 19.8. The average molecular weight is 1020 g/mol. The highest BCUT2D eigenvalue weighted by Crippen LogP contribution is 2.38. The highest BCUT2D eigenvalue weighted by atomic mass is 32.2. The quantitative estimate of drug-likeness (QED) is 0.0841. The van der Waals surface area contributed by atoms with Gasteiger partial charge >= 0.3 is 12.2 Å². The van der Waals surface area contributed by atoms with Crippen LogP contribution in [-0.4, -0.2) is 61.8 Å². The summed E-state index contributed by atoms with van der Waals surface area (Å²) in [5, 5.41) is 0. The van der Waals surface area contributed by atoms with Gasteiger partial charge in [-0.2, -0.15) is 0 Å². The zero-order valence-electron chi connectivity index (χ0n) is 42.2. The molecule has 18 heteroatoms. The fraction of sp³-hybridized carbons (Fsp3) is 0.396. The van der Waals surface area contributed by atoms with Crippen LogP contribution < -0.4 is 9.44 Å². The zero-order valence-corrected chi connectivity index (χ0v) is 43.8. The number of imidazole rings is 2.